The Bertz CT molecular complexity index is 310. The fraction of sp³-hybridized carbons (Fsp3) is 0.727. The number of carbonyl (C=O) groups excluding carboxylic acids is 1. The topological polar surface area (TPSA) is 26.3 Å². The largest absolute Gasteiger partial charge is 0.364 e. The molecule has 4 atom stereocenters. The summed E-state index contributed by atoms with van der Waals surface area (Å²) >= 11 is 6.06. The SMILES string of the molecule is O=C1C(Cl)C2C=C3CCCCC1C3O2. The first-order valence-electron chi connectivity index (χ1n) is 5.31. The minimum atomic E-state index is -0.438. The van der Waals surface area contributed by atoms with Crippen molar-refractivity contribution in [2.45, 2.75) is 43.3 Å². The summed E-state index contributed by atoms with van der Waals surface area (Å²) in [5, 5.41) is -0.438. The van der Waals surface area contributed by atoms with Gasteiger partial charge in [0, 0.05) is 5.92 Å². The molecule has 2 nitrogen and oxygen atoms in total. The fourth-order valence-corrected chi connectivity index (χ4v) is 3.13. The minimum absolute atomic E-state index is 0.0463. The molecule has 2 fully saturated rings. The van der Waals surface area contributed by atoms with Crippen LogP contribution in [0.1, 0.15) is 25.7 Å². The third kappa shape index (κ3) is 1.10. The smallest absolute Gasteiger partial charge is 0.159 e. The minimum Gasteiger partial charge on any atom is -0.364 e. The molecule has 2 bridgehead atoms. The van der Waals surface area contributed by atoms with Gasteiger partial charge in [0.15, 0.2) is 5.78 Å². The Balaban J connectivity index is 2.01. The van der Waals surface area contributed by atoms with Crippen molar-refractivity contribution in [1.29, 1.82) is 0 Å². The number of hydrogen-bond donors (Lipinski definition) is 0. The number of carbonyl (C=O) groups is 1. The zero-order chi connectivity index (χ0) is 9.71. The van der Waals surface area contributed by atoms with Crippen LogP contribution in [-0.4, -0.2) is 23.4 Å². The summed E-state index contributed by atoms with van der Waals surface area (Å²) in [7, 11) is 0. The fourth-order valence-electron chi connectivity index (χ4n) is 2.84. The van der Waals surface area contributed by atoms with Crippen molar-refractivity contribution >= 4 is 17.4 Å². The number of rotatable bonds is 0. The maximum absolute atomic E-state index is 11.9. The zero-order valence-electron chi connectivity index (χ0n) is 7.91. The van der Waals surface area contributed by atoms with Gasteiger partial charge in [-0.1, -0.05) is 12.5 Å². The van der Waals surface area contributed by atoms with E-state index in [1.807, 2.05) is 0 Å². The molecule has 2 aliphatic heterocycles. The quantitative estimate of drug-likeness (QED) is 0.454. The van der Waals surface area contributed by atoms with Crippen LogP contribution in [0.2, 0.25) is 0 Å². The van der Waals surface area contributed by atoms with Crippen molar-refractivity contribution in [3.63, 3.8) is 0 Å². The van der Waals surface area contributed by atoms with Gasteiger partial charge in [-0.15, -0.1) is 11.6 Å². The molecule has 0 N–H and O–H groups in total. The lowest BCUT2D eigenvalue weighted by atomic mass is 9.89. The molecule has 3 rings (SSSR count). The van der Waals surface area contributed by atoms with Crippen molar-refractivity contribution in [2.24, 2.45) is 5.92 Å². The monoisotopic (exact) mass is 212 g/mol. The Kier molecular flexibility index (Phi) is 1.96. The van der Waals surface area contributed by atoms with E-state index in [0.29, 0.717) is 0 Å². The molecule has 3 heteroatoms. The lowest BCUT2D eigenvalue weighted by molar-refractivity contribution is -0.136. The highest BCUT2D eigenvalue weighted by Crippen LogP contribution is 2.42. The lowest BCUT2D eigenvalue weighted by Gasteiger charge is -2.31. The van der Waals surface area contributed by atoms with Crippen molar-refractivity contribution in [1.82, 2.24) is 0 Å². The molecule has 0 amide bonds. The number of Topliss-reactive ketones (excluding diaryl/α,β-unsaturated/α-hetero) is 1. The lowest BCUT2D eigenvalue weighted by Crippen LogP contribution is -2.44. The molecule has 1 saturated heterocycles. The van der Waals surface area contributed by atoms with Crippen LogP contribution in [0, 0.1) is 5.92 Å². The molecule has 1 aliphatic carbocycles. The van der Waals surface area contributed by atoms with Gasteiger partial charge in [0.05, 0.1) is 6.10 Å². The summed E-state index contributed by atoms with van der Waals surface area (Å²) in [5.74, 6) is 0.256. The number of ketones is 1. The second kappa shape index (κ2) is 3.07. The number of fused-ring (bicyclic) bond motifs is 1. The number of ether oxygens (including phenoxy) is 1. The third-order valence-corrected chi connectivity index (χ3v) is 4.03. The van der Waals surface area contributed by atoms with E-state index in [2.05, 4.69) is 6.08 Å². The Morgan fingerprint density at radius 2 is 2.29 bits per heavy atom. The van der Waals surface area contributed by atoms with Gasteiger partial charge in [0.1, 0.15) is 11.5 Å². The van der Waals surface area contributed by atoms with E-state index in [9.17, 15) is 4.79 Å². The van der Waals surface area contributed by atoms with E-state index in [4.69, 9.17) is 16.3 Å². The number of halogens is 1. The number of hydrogen-bond acceptors (Lipinski definition) is 2. The number of alkyl halides is 1. The van der Waals surface area contributed by atoms with Crippen molar-refractivity contribution < 1.29 is 9.53 Å². The van der Waals surface area contributed by atoms with Gasteiger partial charge in [-0.05, 0) is 24.8 Å². The maximum Gasteiger partial charge on any atom is 0.159 e. The summed E-state index contributed by atoms with van der Waals surface area (Å²) in [6.07, 6.45) is 6.39. The molecule has 0 spiro atoms. The molecule has 4 unspecified atom stereocenters. The predicted molar refractivity (Wildman–Crippen MR) is 53.4 cm³/mol. The van der Waals surface area contributed by atoms with E-state index in [1.54, 1.807) is 0 Å². The van der Waals surface area contributed by atoms with Crippen LogP contribution in [0.15, 0.2) is 11.6 Å². The molecule has 14 heavy (non-hydrogen) atoms. The van der Waals surface area contributed by atoms with Crippen molar-refractivity contribution in [2.75, 3.05) is 0 Å². The van der Waals surface area contributed by atoms with Crippen molar-refractivity contribution in [3.8, 4) is 0 Å². The second-order valence-corrected chi connectivity index (χ2v) is 4.89. The average Bonchev–Trinajstić information content (AvgIpc) is 2.46. The summed E-state index contributed by atoms with van der Waals surface area (Å²) < 4.78 is 5.78. The van der Waals surface area contributed by atoms with Gasteiger partial charge < -0.3 is 4.74 Å². The average molecular weight is 213 g/mol. The van der Waals surface area contributed by atoms with E-state index >= 15 is 0 Å². The summed E-state index contributed by atoms with van der Waals surface area (Å²) in [6.45, 7) is 0. The van der Waals surface area contributed by atoms with Gasteiger partial charge in [0.2, 0.25) is 0 Å². The van der Waals surface area contributed by atoms with Gasteiger partial charge in [-0.2, -0.15) is 0 Å². The van der Waals surface area contributed by atoms with Crippen LogP contribution in [0.3, 0.4) is 0 Å². The highest BCUT2D eigenvalue weighted by Gasteiger charge is 2.48. The first-order valence-corrected chi connectivity index (χ1v) is 5.75. The van der Waals surface area contributed by atoms with Gasteiger partial charge in [-0.25, -0.2) is 0 Å². The molecular formula is C11H13ClO2. The van der Waals surface area contributed by atoms with Gasteiger partial charge in [-0.3, -0.25) is 4.79 Å². The van der Waals surface area contributed by atoms with Crippen LogP contribution < -0.4 is 0 Å². The molecule has 0 radical (unpaired) electrons. The highest BCUT2D eigenvalue weighted by molar-refractivity contribution is 6.32. The summed E-state index contributed by atoms with van der Waals surface area (Å²) in [4.78, 5) is 11.9. The highest BCUT2D eigenvalue weighted by atomic mass is 35.5. The van der Waals surface area contributed by atoms with Crippen LogP contribution in [0.5, 0.6) is 0 Å². The van der Waals surface area contributed by atoms with Crippen LogP contribution in [0.25, 0.3) is 0 Å². The van der Waals surface area contributed by atoms with E-state index in [-0.39, 0.29) is 23.9 Å². The molecule has 3 aliphatic rings. The Morgan fingerprint density at radius 3 is 3.14 bits per heavy atom. The maximum atomic E-state index is 11.9. The normalized spacial score (nSPS) is 46.1. The van der Waals surface area contributed by atoms with Crippen molar-refractivity contribution in [3.05, 3.63) is 11.6 Å². The third-order valence-electron chi connectivity index (χ3n) is 3.57. The van der Waals surface area contributed by atoms with E-state index in [1.165, 1.54) is 12.0 Å². The van der Waals surface area contributed by atoms with Crippen LogP contribution in [0.4, 0.5) is 0 Å². The molecule has 76 valence electrons. The molecule has 0 aromatic carbocycles. The zero-order valence-corrected chi connectivity index (χ0v) is 8.67. The molecule has 1 saturated carbocycles. The predicted octanol–water partition coefficient (Wildman–Crippen LogP) is 2.06. The van der Waals surface area contributed by atoms with Gasteiger partial charge >= 0.3 is 0 Å². The molecular weight excluding hydrogens is 200 g/mol. The summed E-state index contributed by atoms with van der Waals surface area (Å²) in [6, 6.07) is 0. The first kappa shape index (κ1) is 8.93. The Labute approximate surface area is 88.3 Å². The second-order valence-electron chi connectivity index (χ2n) is 4.42. The molecule has 2 heterocycles. The van der Waals surface area contributed by atoms with Crippen LogP contribution in [-0.2, 0) is 9.53 Å². The van der Waals surface area contributed by atoms with Gasteiger partial charge in [0.25, 0.3) is 0 Å². The van der Waals surface area contributed by atoms with E-state index in [0.717, 1.165) is 19.3 Å². The Hall–Kier alpha value is -0.340. The summed E-state index contributed by atoms with van der Waals surface area (Å²) in [5.41, 5.74) is 1.33. The molecule has 0 aromatic rings. The standard InChI is InChI=1S/C11H13ClO2/c12-9-8-5-6-3-1-2-4-7(10(9)13)11(6)14-8/h5,7-9,11H,1-4H2. The van der Waals surface area contributed by atoms with E-state index < -0.39 is 5.38 Å². The first-order chi connectivity index (χ1) is 6.77. The molecule has 0 aromatic heterocycles. The van der Waals surface area contributed by atoms with Crippen LogP contribution >= 0.6 is 11.6 Å². The Morgan fingerprint density at radius 1 is 1.43 bits per heavy atom.